The van der Waals surface area contributed by atoms with Crippen LogP contribution < -0.4 is 0 Å². The molecule has 0 aliphatic carbocycles. The normalized spacial score (nSPS) is 26.3. The van der Waals surface area contributed by atoms with E-state index in [-0.39, 0.29) is 0 Å². The van der Waals surface area contributed by atoms with Gasteiger partial charge in [-0.25, -0.2) is 0 Å². The predicted octanol–water partition coefficient (Wildman–Crippen LogP) is 1.90. The monoisotopic (exact) mass is 253 g/mol. The highest BCUT2D eigenvalue weighted by Gasteiger charge is 2.23. The van der Waals surface area contributed by atoms with Crippen LogP contribution in [0.15, 0.2) is 0 Å². The Kier molecular flexibility index (Phi) is 6.14. The van der Waals surface area contributed by atoms with Gasteiger partial charge in [-0.05, 0) is 38.6 Å². The standard InChI is InChI=1S/C15H27NO2/c1-5-15(4,6-2)18-12-14(17)11-16-9-7-8-13(3)10-16/h1,13-14,17H,6-12H2,2-4H3. The number of hydrogen-bond acceptors (Lipinski definition) is 3. The number of piperidine rings is 1. The maximum Gasteiger partial charge on any atom is 0.125 e. The highest BCUT2D eigenvalue weighted by molar-refractivity contribution is 5.05. The molecule has 0 radical (unpaired) electrons. The van der Waals surface area contributed by atoms with Crippen LogP contribution in [0.5, 0.6) is 0 Å². The lowest BCUT2D eigenvalue weighted by Gasteiger charge is -2.33. The summed E-state index contributed by atoms with van der Waals surface area (Å²) in [7, 11) is 0. The molecule has 0 aromatic heterocycles. The molecular weight excluding hydrogens is 226 g/mol. The first-order valence-corrected chi connectivity index (χ1v) is 7.01. The minimum Gasteiger partial charge on any atom is -0.389 e. The minimum absolute atomic E-state index is 0.319. The molecule has 1 aliphatic rings. The summed E-state index contributed by atoms with van der Waals surface area (Å²) in [6, 6.07) is 0. The van der Waals surface area contributed by atoms with E-state index in [1.165, 1.54) is 12.8 Å². The van der Waals surface area contributed by atoms with Crippen LogP contribution >= 0.6 is 0 Å². The van der Waals surface area contributed by atoms with Gasteiger partial charge in [0.25, 0.3) is 0 Å². The molecule has 0 aromatic carbocycles. The van der Waals surface area contributed by atoms with Gasteiger partial charge < -0.3 is 14.7 Å². The van der Waals surface area contributed by atoms with Crippen molar-refractivity contribution < 1.29 is 9.84 Å². The Morgan fingerprint density at radius 2 is 2.33 bits per heavy atom. The first kappa shape index (κ1) is 15.5. The van der Waals surface area contributed by atoms with Crippen molar-refractivity contribution in [3.8, 4) is 12.3 Å². The van der Waals surface area contributed by atoms with Gasteiger partial charge in [0.15, 0.2) is 0 Å². The van der Waals surface area contributed by atoms with E-state index in [0.717, 1.165) is 25.4 Å². The number of likely N-dealkylation sites (tertiary alicyclic amines) is 1. The van der Waals surface area contributed by atoms with Gasteiger partial charge in [-0.15, -0.1) is 6.42 Å². The molecular formula is C15H27NO2. The van der Waals surface area contributed by atoms with Crippen LogP contribution in [0.2, 0.25) is 0 Å². The Bertz CT molecular complexity index is 287. The molecule has 1 N–H and O–H groups in total. The van der Waals surface area contributed by atoms with Crippen LogP contribution in [-0.4, -0.2) is 48.0 Å². The number of rotatable bonds is 6. The van der Waals surface area contributed by atoms with E-state index in [0.29, 0.717) is 13.2 Å². The van der Waals surface area contributed by atoms with Crippen molar-refractivity contribution in [1.82, 2.24) is 4.90 Å². The molecule has 3 heteroatoms. The SMILES string of the molecule is C#CC(C)(CC)OCC(O)CN1CCCC(C)C1. The maximum absolute atomic E-state index is 10.0. The highest BCUT2D eigenvalue weighted by Crippen LogP contribution is 2.17. The second-order valence-electron chi connectivity index (χ2n) is 5.70. The summed E-state index contributed by atoms with van der Waals surface area (Å²) in [6.07, 6.45) is 8.28. The molecule has 3 nitrogen and oxygen atoms in total. The third-order valence-electron chi connectivity index (χ3n) is 3.78. The highest BCUT2D eigenvalue weighted by atomic mass is 16.5. The Hall–Kier alpha value is -0.560. The van der Waals surface area contributed by atoms with Crippen molar-refractivity contribution >= 4 is 0 Å². The molecule has 1 saturated heterocycles. The van der Waals surface area contributed by atoms with Gasteiger partial charge in [0, 0.05) is 13.1 Å². The zero-order valence-electron chi connectivity index (χ0n) is 12.0. The first-order chi connectivity index (χ1) is 8.49. The number of β-amino-alcohol motifs (C(OH)–C–C–N with tert-alkyl or cyclic N) is 1. The Balaban J connectivity index is 2.29. The smallest absolute Gasteiger partial charge is 0.125 e. The average Bonchev–Trinajstić information content (AvgIpc) is 2.36. The Morgan fingerprint density at radius 1 is 1.61 bits per heavy atom. The van der Waals surface area contributed by atoms with Gasteiger partial charge in [-0.2, -0.15) is 0 Å². The number of aliphatic hydroxyl groups excluding tert-OH is 1. The van der Waals surface area contributed by atoms with Crippen molar-refractivity contribution in [2.24, 2.45) is 5.92 Å². The zero-order valence-corrected chi connectivity index (χ0v) is 12.0. The van der Waals surface area contributed by atoms with E-state index in [2.05, 4.69) is 17.7 Å². The molecule has 0 bridgehead atoms. The molecule has 0 spiro atoms. The topological polar surface area (TPSA) is 32.7 Å². The van der Waals surface area contributed by atoms with E-state index < -0.39 is 11.7 Å². The van der Waals surface area contributed by atoms with Crippen LogP contribution in [0.4, 0.5) is 0 Å². The van der Waals surface area contributed by atoms with Crippen molar-refractivity contribution in [3.05, 3.63) is 0 Å². The average molecular weight is 253 g/mol. The summed E-state index contributed by atoms with van der Waals surface area (Å²) in [5.41, 5.74) is -0.545. The number of nitrogens with zero attached hydrogens (tertiary/aromatic N) is 1. The van der Waals surface area contributed by atoms with Crippen LogP contribution in [-0.2, 0) is 4.74 Å². The summed E-state index contributed by atoms with van der Waals surface area (Å²) in [4.78, 5) is 2.32. The number of hydrogen-bond donors (Lipinski definition) is 1. The Labute approximate surface area is 112 Å². The van der Waals surface area contributed by atoms with Gasteiger partial charge in [0.1, 0.15) is 5.60 Å². The van der Waals surface area contributed by atoms with Gasteiger partial charge in [-0.3, -0.25) is 0 Å². The summed E-state index contributed by atoms with van der Waals surface area (Å²) in [6.45, 7) is 9.33. The minimum atomic E-state index is -0.545. The van der Waals surface area contributed by atoms with Crippen LogP contribution in [0.25, 0.3) is 0 Å². The van der Waals surface area contributed by atoms with Crippen molar-refractivity contribution in [2.45, 2.75) is 51.7 Å². The first-order valence-electron chi connectivity index (χ1n) is 7.01. The van der Waals surface area contributed by atoms with E-state index in [1.54, 1.807) is 0 Å². The molecule has 1 heterocycles. The molecule has 0 aromatic rings. The molecule has 1 aliphatic heterocycles. The van der Waals surface area contributed by atoms with Gasteiger partial charge in [0.2, 0.25) is 0 Å². The molecule has 0 amide bonds. The summed E-state index contributed by atoms with van der Waals surface area (Å²) < 4.78 is 5.65. The molecule has 0 saturated carbocycles. The molecule has 3 unspecified atom stereocenters. The fourth-order valence-corrected chi connectivity index (χ4v) is 2.33. The third kappa shape index (κ3) is 4.97. The van der Waals surface area contributed by atoms with E-state index in [4.69, 9.17) is 11.2 Å². The van der Waals surface area contributed by atoms with E-state index in [1.807, 2.05) is 13.8 Å². The lowest BCUT2D eigenvalue weighted by Crippen LogP contribution is -2.42. The molecule has 1 rings (SSSR count). The third-order valence-corrected chi connectivity index (χ3v) is 3.78. The lowest BCUT2D eigenvalue weighted by atomic mass is 10.00. The van der Waals surface area contributed by atoms with E-state index in [9.17, 15) is 5.11 Å². The number of aliphatic hydroxyl groups is 1. The van der Waals surface area contributed by atoms with E-state index >= 15 is 0 Å². The summed E-state index contributed by atoms with van der Waals surface area (Å²) in [5.74, 6) is 3.38. The number of ether oxygens (including phenoxy) is 1. The van der Waals surface area contributed by atoms with Crippen molar-refractivity contribution in [2.75, 3.05) is 26.2 Å². The number of terminal acetylenes is 1. The van der Waals surface area contributed by atoms with Crippen molar-refractivity contribution in [3.63, 3.8) is 0 Å². The summed E-state index contributed by atoms with van der Waals surface area (Å²) in [5, 5.41) is 10.0. The van der Waals surface area contributed by atoms with Gasteiger partial charge in [0.05, 0.1) is 12.7 Å². The molecule has 18 heavy (non-hydrogen) atoms. The predicted molar refractivity (Wildman–Crippen MR) is 74.3 cm³/mol. The van der Waals surface area contributed by atoms with Crippen LogP contribution in [0, 0.1) is 18.3 Å². The maximum atomic E-state index is 10.0. The van der Waals surface area contributed by atoms with Crippen molar-refractivity contribution in [1.29, 1.82) is 0 Å². The molecule has 104 valence electrons. The quantitative estimate of drug-likeness (QED) is 0.734. The largest absolute Gasteiger partial charge is 0.389 e. The second-order valence-corrected chi connectivity index (χ2v) is 5.70. The summed E-state index contributed by atoms with van der Waals surface area (Å²) >= 11 is 0. The molecule has 1 fully saturated rings. The van der Waals surface area contributed by atoms with Gasteiger partial charge >= 0.3 is 0 Å². The molecule has 3 atom stereocenters. The van der Waals surface area contributed by atoms with Gasteiger partial charge in [-0.1, -0.05) is 19.8 Å². The Morgan fingerprint density at radius 3 is 2.89 bits per heavy atom. The lowest BCUT2D eigenvalue weighted by molar-refractivity contribution is -0.0494. The fourth-order valence-electron chi connectivity index (χ4n) is 2.33. The second kappa shape index (κ2) is 7.13. The fraction of sp³-hybridized carbons (Fsp3) is 0.867. The van der Waals surface area contributed by atoms with Crippen LogP contribution in [0.1, 0.15) is 40.0 Å². The van der Waals surface area contributed by atoms with Crippen LogP contribution in [0.3, 0.4) is 0 Å². The zero-order chi connectivity index (χ0) is 13.6.